The SMILES string of the molecule is CSc1ncc(OC2CC(OC3CCN(C(=O)OC(C)(C)C)CC3)C2)cn1. The maximum Gasteiger partial charge on any atom is 0.410 e. The van der Waals surface area contributed by atoms with Gasteiger partial charge in [0.1, 0.15) is 11.7 Å². The Kier molecular flexibility index (Phi) is 6.47. The standard InChI is InChI=1S/C19H29N3O4S/c1-19(2,3)26-18(23)22-7-5-13(6-8-22)24-14-9-15(10-14)25-16-11-20-17(27-4)21-12-16/h11-15H,5-10H2,1-4H3. The minimum Gasteiger partial charge on any atom is -0.487 e. The fourth-order valence-corrected chi connectivity index (χ4v) is 3.48. The largest absolute Gasteiger partial charge is 0.487 e. The molecule has 1 aliphatic heterocycles. The van der Waals surface area contributed by atoms with E-state index in [9.17, 15) is 4.79 Å². The minimum atomic E-state index is -0.452. The molecule has 1 aromatic rings. The van der Waals surface area contributed by atoms with Gasteiger partial charge in [0, 0.05) is 25.9 Å². The Labute approximate surface area is 165 Å². The molecule has 0 radical (unpaired) electrons. The van der Waals surface area contributed by atoms with Crippen LogP contribution in [0.2, 0.25) is 0 Å². The van der Waals surface area contributed by atoms with Crippen LogP contribution < -0.4 is 4.74 Å². The van der Waals surface area contributed by atoms with E-state index in [2.05, 4.69) is 9.97 Å². The summed E-state index contributed by atoms with van der Waals surface area (Å²) in [5.74, 6) is 0.710. The summed E-state index contributed by atoms with van der Waals surface area (Å²) in [6.07, 6.45) is 9.25. The zero-order valence-electron chi connectivity index (χ0n) is 16.5. The Balaban J connectivity index is 1.33. The van der Waals surface area contributed by atoms with Gasteiger partial charge >= 0.3 is 6.09 Å². The second-order valence-electron chi connectivity index (χ2n) is 8.04. The number of likely N-dealkylation sites (tertiary alicyclic amines) is 1. The number of hydrogen-bond acceptors (Lipinski definition) is 7. The highest BCUT2D eigenvalue weighted by Gasteiger charge is 2.35. The third-order valence-electron chi connectivity index (χ3n) is 4.62. The van der Waals surface area contributed by atoms with Crippen LogP contribution in [0, 0.1) is 0 Å². The lowest BCUT2D eigenvalue weighted by Crippen LogP contribution is -2.46. The van der Waals surface area contributed by atoms with Gasteiger partial charge in [-0.15, -0.1) is 0 Å². The molecule has 2 aliphatic rings. The van der Waals surface area contributed by atoms with Crippen LogP contribution >= 0.6 is 11.8 Å². The van der Waals surface area contributed by atoms with Crippen LogP contribution in [0.15, 0.2) is 17.6 Å². The molecule has 1 aliphatic carbocycles. The van der Waals surface area contributed by atoms with Crippen molar-refractivity contribution < 1.29 is 19.0 Å². The number of piperidine rings is 1. The predicted molar refractivity (Wildman–Crippen MR) is 103 cm³/mol. The Morgan fingerprint density at radius 1 is 1.11 bits per heavy atom. The van der Waals surface area contributed by atoms with Crippen molar-refractivity contribution in [3.63, 3.8) is 0 Å². The number of thioether (sulfide) groups is 1. The topological polar surface area (TPSA) is 73.8 Å². The fourth-order valence-electron chi connectivity index (χ4n) is 3.16. The van der Waals surface area contributed by atoms with E-state index in [1.807, 2.05) is 27.0 Å². The van der Waals surface area contributed by atoms with Crippen molar-refractivity contribution in [1.82, 2.24) is 14.9 Å². The van der Waals surface area contributed by atoms with Crippen LogP contribution in [0.1, 0.15) is 46.5 Å². The molecule has 0 atom stereocenters. The summed E-state index contributed by atoms with van der Waals surface area (Å²) < 4.78 is 17.5. The smallest absolute Gasteiger partial charge is 0.410 e. The molecule has 1 saturated heterocycles. The van der Waals surface area contributed by atoms with E-state index in [1.165, 1.54) is 11.8 Å². The van der Waals surface area contributed by atoms with Crippen molar-refractivity contribution in [2.45, 2.75) is 75.5 Å². The Morgan fingerprint density at radius 3 is 2.30 bits per heavy atom. The third-order valence-corrected chi connectivity index (χ3v) is 5.20. The summed E-state index contributed by atoms with van der Waals surface area (Å²) in [5.41, 5.74) is -0.452. The zero-order chi connectivity index (χ0) is 19.4. The first kappa shape index (κ1) is 20.2. The van der Waals surface area contributed by atoms with Gasteiger partial charge in [-0.1, -0.05) is 11.8 Å². The molecule has 2 heterocycles. The Morgan fingerprint density at radius 2 is 1.74 bits per heavy atom. The van der Waals surface area contributed by atoms with E-state index in [1.54, 1.807) is 17.3 Å². The molecule has 0 spiro atoms. The number of ether oxygens (including phenoxy) is 3. The van der Waals surface area contributed by atoms with Gasteiger partial charge in [-0.25, -0.2) is 14.8 Å². The number of carbonyl (C=O) groups excluding carboxylic acids is 1. The molecule has 2 fully saturated rings. The van der Waals surface area contributed by atoms with E-state index >= 15 is 0 Å². The number of nitrogens with zero attached hydrogens (tertiary/aromatic N) is 3. The van der Waals surface area contributed by atoms with E-state index in [0.717, 1.165) is 30.8 Å². The van der Waals surface area contributed by atoms with Gasteiger partial charge in [0.25, 0.3) is 0 Å². The number of hydrogen-bond donors (Lipinski definition) is 0. The van der Waals surface area contributed by atoms with E-state index in [4.69, 9.17) is 14.2 Å². The van der Waals surface area contributed by atoms with Gasteiger partial charge in [0.15, 0.2) is 10.9 Å². The Hall–Kier alpha value is -1.54. The lowest BCUT2D eigenvalue weighted by molar-refractivity contribution is -0.110. The lowest BCUT2D eigenvalue weighted by Gasteiger charge is -2.39. The summed E-state index contributed by atoms with van der Waals surface area (Å²) in [5, 5.41) is 0.745. The van der Waals surface area contributed by atoms with Crippen molar-refractivity contribution in [2.24, 2.45) is 0 Å². The van der Waals surface area contributed by atoms with Crippen molar-refractivity contribution in [3.05, 3.63) is 12.4 Å². The molecule has 27 heavy (non-hydrogen) atoms. The van der Waals surface area contributed by atoms with Crippen molar-refractivity contribution in [2.75, 3.05) is 19.3 Å². The van der Waals surface area contributed by atoms with E-state index in [-0.39, 0.29) is 24.4 Å². The molecule has 0 unspecified atom stereocenters. The fraction of sp³-hybridized carbons (Fsp3) is 0.737. The molecule has 1 aromatic heterocycles. The van der Waals surface area contributed by atoms with Crippen molar-refractivity contribution in [1.29, 1.82) is 0 Å². The first-order valence-electron chi connectivity index (χ1n) is 9.48. The molecule has 7 nitrogen and oxygen atoms in total. The van der Waals surface area contributed by atoms with E-state index < -0.39 is 5.60 Å². The molecule has 0 N–H and O–H groups in total. The maximum atomic E-state index is 12.1. The highest BCUT2D eigenvalue weighted by Crippen LogP contribution is 2.31. The summed E-state index contributed by atoms with van der Waals surface area (Å²) in [6.45, 7) is 7.04. The number of carbonyl (C=O) groups is 1. The summed E-state index contributed by atoms with van der Waals surface area (Å²) >= 11 is 1.51. The quantitative estimate of drug-likeness (QED) is 0.558. The van der Waals surface area contributed by atoms with Gasteiger partial charge in [-0.3, -0.25) is 0 Å². The molecule has 3 rings (SSSR count). The number of rotatable bonds is 5. The minimum absolute atomic E-state index is 0.167. The van der Waals surface area contributed by atoms with Crippen molar-refractivity contribution in [3.8, 4) is 5.75 Å². The average molecular weight is 396 g/mol. The van der Waals surface area contributed by atoms with E-state index in [0.29, 0.717) is 18.8 Å². The summed E-state index contributed by atoms with van der Waals surface area (Å²) in [4.78, 5) is 22.3. The second kappa shape index (κ2) is 8.65. The summed E-state index contributed by atoms with van der Waals surface area (Å²) in [7, 11) is 0. The highest BCUT2D eigenvalue weighted by atomic mass is 32.2. The molecule has 0 aromatic carbocycles. The van der Waals surface area contributed by atoms with Crippen LogP contribution in [0.5, 0.6) is 5.75 Å². The zero-order valence-corrected chi connectivity index (χ0v) is 17.3. The monoisotopic (exact) mass is 395 g/mol. The molecule has 8 heteroatoms. The lowest BCUT2D eigenvalue weighted by atomic mass is 9.91. The molecule has 0 bridgehead atoms. The predicted octanol–water partition coefficient (Wildman–Crippen LogP) is 3.52. The molecule has 1 amide bonds. The van der Waals surface area contributed by atoms with Gasteiger partial charge in [0.05, 0.1) is 24.6 Å². The van der Waals surface area contributed by atoms with Gasteiger partial charge in [-0.2, -0.15) is 0 Å². The van der Waals surface area contributed by atoms with Crippen LogP contribution in [0.4, 0.5) is 4.79 Å². The summed E-state index contributed by atoms with van der Waals surface area (Å²) in [6, 6.07) is 0. The average Bonchev–Trinajstić information content (AvgIpc) is 2.59. The molecular weight excluding hydrogens is 366 g/mol. The normalized spacial score (nSPS) is 23.6. The van der Waals surface area contributed by atoms with Crippen LogP contribution in [-0.4, -0.2) is 64.2 Å². The highest BCUT2D eigenvalue weighted by molar-refractivity contribution is 7.98. The molecule has 150 valence electrons. The Bertz CT molecular complexity index is 621. The first-order chi connectivity index (χ1) is 12.8. The van der Waals surface area contributed by atoms with Crippen LogP contribution in [-0.2, 0) is 9.47 Å². The molecular formula is C19H29N3O4S. The number of aromatic nitrogens is 2. The number of amides is 1. The molecule has 1 saturated carbocycles. The van der Waals surface area contributed by atoms with Gasteiger partial charge in [0.2, 0.25) is 0 Å². The van der Waals surface area contributed by atoms with Gasteiger partial charge < -0.3 is 19.1 Å². The third kappa shape index (κ3) is 5.97. The van der Waals surface area contributed by atoms with Gasteiger partial charge in [-0.05, 0) is 39.9 Å². The van der Waals surface area contributed by atoms with Crippen LogP contribution in [0.3, 0.4) is 0 Å². The first-order valence-corrected chi connectivity index (χ1v) is 10.7. The second-order valence-corrected chi connectivity index (χ2v) is 8.81. The maximum absolute atomic E-state index is 12.1. The van der Waals surface area contributed by atoms with Crippen LogP contribution in [0.25, 0.3) is 0 Å². The van der Waals surface area contributed by atoms with Crippen molar-refractivity contribution >= 4 is 17.9 Å².